The first-order chi connectivity index (χ1) is 5.95. The second-order valence-electron chi connectivity index (χ2n) is 3.55. The average molecular weight is 188 g/mol. The van der Waals surface area contributed by atoms with Crippen molar-refractivity contribution in [1.82, 2.24) is 0 Å². The molecule has 0 rings (SSSR count). The van der Waals surface area contributed by atoms with E-state index in [9.17, 15) is 9.59 Å². The van der Waals surface area contributed by atoms with Gasteiger partial charge in [0.1, 0.15) is 0 Å². The Morgan fingerprint density at radius 1 is 1.08 bits per heavy atom. The summed E-state index contributed by atoms with van der Waals surface area (Å²) in [7, 11) is 0. The van der Waals surface area contributed by atoms with Gasteiger partial charge in [0.15, 0.2) is 5.92 Å². The Hall–Kier alpha value is -1.06. The molecule has 0 amide bonds. The Kier molecular flexibility index (Phi) is 5.11. The molecular formula is C9H16O4. The molecule has 0 saturated heterocycles. The van der Waals surface area contributed by atoms with Crippen LogP contribution >= 0.6 is 0 Å². The van der Waals surface area contributed by atoms with E-state index in [1.165, 1.54) is 0 Å². The molecule has 2 N–H and O–H groups in total. The van der Waals surface area contributed by atoms with Gasteiger partial charge in [-0.2, -0.15) is 0 Å². The van der Waals surface area contributed by atoms with Crippen LogP contribution in [-0.4, -0.2) is 22.2 Å². The molecule has 0 unspecified atom stereocenters. The van der Waals surface area contributed by atoms with Gasteiger partial charge in [-0.15, -0.1) is 0 Å². The zero-order valence-electron chi connectivity index (χ0n) is 7.99. The predicted molar refractivity (Wildman–Crippen MR) is 47.5 cm³/mol. The summed E-state index contributed by atoms with van der Waals surface area (Å²) in [6.07, 6.45) is 1.75. The lowest BCUT2D eigenvalue weighted by Gasteiger charge is -2.08. The number of hydrogen-bond acceptors (Lipinski definition) is 2. The third-order valence-corrected chi connectivity index (χ3v) is 1.87. The smallest absolute Gasteiger partial charge is 0.317 e. The number of aliphatic carboxylic acids is 2. The molecule has 0 aliphatic rings. The summed E-state index contributed by atoms with van der Waals surface area (Å²) in [5.41, 5.74) is 0. The predicted octanol–water partition coefficient (Wildman–Crippen LogP) is 1.60. The molecule has 0 bridgehead atoms. The largest absolute Gasteiger partial charge is 0.481 e. The highest BCUT2D eigenvalue weighted by Gasteiger charge is 2.24. The van der Waals surface area contributed by atoms with Crippen molar-refractivity contribution in [3.63, 3.8) is 0 Å². The molecule has 0 aromatic carbocycles. The van der Waals surface area contributed by atoms with Crippen LogP contribution in [0.3, 0.4) is 0 Å². The minimum absolute atomic E-state index is 0.225. The summed E-state index contributed by atoms with van der Waals surface area (Å²) in [5.74, 6) is -3.23. The van der Waals surface area contributed by atoms with E-state index < -0.39 is 17.9 Å². The Morgan fingerprint density at radius 2 is 1.54 bits per heavy atom. The van der Waals surface area contributed by atoms with Crippen LogP contribution in [0.4, 0.5) is 0 Å². The van der Waals surface area contributed by atoms with Crippen LogP contribution in [0, 0.1) is 11.8 Å². The highest BCUT2D eigenvalue weighted by molar-refractivity contribution is 5.92. The topological polar surface area (TPSA) is 74.6 Å². The van der Waals surface area contributed by atoms with Crippen molar-refractivity contribution in [3.05, 3.63) is 0 Å². The molecule has 0 aliphatic heterocycles. The maximum Gasteiger partial charge on any atom is 0.317 e. The fourth-order valence-corrected chi connectivity index (χ4v) is 1.08. The Morgan fingerprint density at radius 3 is 1.85 bits per heavy atom. The molecule has 76 valence electrons. The van der Waals surface area contributed by atoms with Gasteiger partial charge >= 0.3 is 11.9 Å². The van der Waals surface area contributed by atoms with E-state index in [0.29, 0.717) is 12.3 Å². The molecule has 4 heteroatoms. The highest BCUT2D eigenvalue weighted by atomic mass is 16.4. The minimum Gasteiger partial charge on any atom is -0.481 e. The van der Waals surface area contributed by atoms with Crippen LogP contribution in [0.25, 0.3) is 0 Å². The van der Waals surface area contributed by atoms with Gasteiger partial charge in [0.05, 0.1) is 0 Å². The van der Waals surface area contributed by atoms with Crippen LogP contribution in [0.2, 0.25) is 0 Å². The summed E-state index contributed by atoms with van der Waals surface area (Å²) >= 11 is 0. The first kappa shape index (κ1) is 11.9. The molecule has 0 aromatic heterocycles. The standard InChI is InChI=1S/C9H16O4/c1-6(2)4-3-5-7(8(10)11)9(12)13/h6-7H,3-5H2,1-2H3,(H,10,11)(H,12,13). The fourth-order valence-electron chi connectivity index (χ4n) is 1.08. The number of carboxylic acid groups (broad SMARTS) is 2. The first-order valence-electron chi connectivity index (χ1n) is 4.40. The molecule has 0 aliphatic carbocycles. The molecular weight excluding hydrogens is 172 g/mol. The Balaban J connectivity index is 3.84. The van der Waals surface area contributed by atoms with Gasteiger partial charge in [-0.05, 0) is 12.3 Å². The van der Waals surface area contributed by atoms with E-state index in [4.69, 9.17) is 10.2 Å². The van der Waals surface area contributed by atoms with Crippen molar-refractivity contribution < 1.29 is 19.8 Å². The zero-order chi connectivity index (χ0) is 10.4. The van der Waals surface area contributed by atoms with E-state index in [0.717, 1.165) is 6.42 Å². The number of hydrogen-bond donors (Lipinski definition) is 2. The van der Waals surface area contributed by atoms with Crippen molar-refractivity contribution in [2.75, 3.05) is 0 Å². The van der Waals surface area contributed by atoms with Crippen LogP contribution < -0.4 is 0 Å². The number of carbonyl (C=O) groups is 2. The van der Waals surface area contributed by atoms with Crippen molar-refractivity contribution in [2.24, 2.45) is 11.8 Å². The van der Waals surface area contributed by atoms with Crippen molar-refractivity contribution in [2.45, 2.75) is 33.1 Å². The van der Waals surface area contributed by atoms with Crippen molar-refractivity contribution in [3.8, 4) is 0 Å². The highest BCUT2D eigenvalue weighted by Crippen LogP contribution is 2.13. The van der Waals surface area contributed by atoms with Crippen LogP contribution in [0.15, 0.2) is 0 Å². The minimum atomic E-state index is -1.24. The lowest BCUT2D eigenvalue weighted by Crippen LogP contribution is -2.23. The zero-order valence-corrected chi connectivity index (χ0v) is 7.99. The second kappa shape index (κ2) is 5.56. The third-order valence-electron chi connectivity index (χ3n) is 1.87. The van der Waals surface area contributed by atoms with Gasteiger partial charge < -0.3 is 10.2 Å². The van der Waals surface area contributed by atoms with E-state index in [1.54, 1.807) is 0 Å². The summed E-state index contributed by atoms with van der Waals surface area (Å²) in [5, 5.41) is 17.1. The van der Waals surface area contributed by atoms with E-state index >= 15 is 0 Å². The van der Waals surface area contributed by atoms with Crippen molar-refractivity contribution in [1.29, 1.82) is 0 Å². The average Bonchev–Trinajstić information content (AvgIpc) is 1.95. The SMILES string of the molecule is CC(C)CCCC(C(=O)O)C(=O)O. The van der Waals surface area contributed by atoms with Crippen molar-refractivity contribution >= 4 is 11.9 Å². The number of rotatable bonds is 6. The van der Waals surface area contributed by atoms with Crippen LogP contribution in [0.5, 0.6) is 0 Å². The summed E-state index contributed by atoms with van der Waals surface area (Å²) < 4.78 is 0. The Labute approximate surface area is 77.6 Å². The summed E-state index contributed by atoms with van der Waals surface area (Å²) in [6.45, 7) is 4.05. The third kappa shape index (κ3) is 5.22. The molecule has 0 fully saturated rings. The fraction of sp³-hybridized carbons (Fsp3) is 0.778. The monoisotopic (exact) mass is 188 g/mol. The van der Waals surface area contributed by atoms with E-state index in [2.05, 4.69) is 0 Å². The normalized spacial score (nSPS) is 10.8. The molecule has 4 nitrogen and oxygen atoms in total. The van der Waals surface area contributed by atoms with Gasteiger partial charge in [-0.1, -0.05) is 26.7 Å². The van der Waals surface area contributed by atoms with Gasteiger partial charge in [-0.3, -0.25) is 9.59 Å². The quantitative estimate of drug-likeness (QED) is 0.621. The molecule has 0 spiro atoms. The first-order valence-corrected chi connectivity index (χ1v) is 4.40. The Bertz CT molecular complexity index is 172. The molecule has 0 radical (unpaired) electrons. The van der Waals surface area contributed by atoms with Gasteiger partial charge in [0.25, 0.3) is 0 Å². The molecule has 0 heterocycles. The van der Waals surface area contributed by atoms with Gasteiger partial charge in [0, 0.05) is 0 Å². The molecule has 0 saturated carbocycles. The lowest BCUT2D eigenvalue weighted by molar-refractivity contribution is -0.154. The summed E-state index contributed by atoms with van der Waals surface area (Å²) in [4.78, 5) is 20.9. The number of carboxylic acids is 2. The van der Waals surface area contributed by atoms with Crippen LogP contribution in [0.1, 0.15) is 33.1 Å². The van der Waals surface area contributed by atoms with Crippen LogP contribution in [-0.2, 0) is 9.59 Å². The molecule has 0 atom stereocenters. The van der Waals surface area contributed by atoms with E-state index in [1.807, 2.05) is 13.8 Å². The summed E-state index contributed by atoms with van der Waals surface area (Å²) in [6, 6.07) is 0. The second-order valence-corrected chi connectivity index (χ2v) is 3.55. The maximum atomic E-state index is 10.4. The van der Waals surface area contributed by atoms with E-state index in [-0.39, 0.29) is 6.42 Å². The lowest BCUT2D eigenvalue weighted by atomic mass is 9.99. The molecule has 13 heavy (non-hydrogen) atoms. The maximum absolute atomic E-state index is 10.4. The molecule has 0 aromatic rings. The van der Waals surface area contributed by atoms with Gasteiger partial charge in [-0.25, -0.2) is 0 Å². The van der Waals surface area contributed by atoms with Gasteiger partial charge in [0.2, 0.25) is 0 Å².